The third-order valence-corrected chi connectivity index (χ3v) is 9.80. The molecule has 0 aliphatic heterocycles. The van der Waals surface area contributed by atoms with Crippen molar-refractivity contribution in [2.75, 3.05) is 31.7 Å². The summed E-state index contributed by atoms with van der Waals surface area (Å²) in [4.78, 5) is 6.23. The van der Waals surface area contributed by atoms with Crippen LogP contribution in [-0.4, -0.2) is 57.8 Å². The third kappa shape index (κ3) is 9.88. The van der Waals surface area contributed by atoms with Crippen molar-refractivity contribution in [1.82, 2.24) is 9.88 Å². The molecular formula is C38H40BrCl2N3O5. The zero-order valence-corrected chi connectivity index (χ0v) is 30.5. The van der Waals surface area contributed by atoms with E-state index >= 15 is 0 Å². The highest BCUT2D eigenvalue weighted by atomic mass is 79.9. The fourth-order valence-corrected chi connectivity index (χ4v) is 6.32. The average Bonchev–Trinajstić information content (AvgIpc) is 3.93. The molecule has 1 saturated carbocycles. The van der Waals surface area contributed by atoms with Gasteiger partial charge in [-0.25, -0.2) is 0 Å². The van der Waals surface area contributed by atoms with Crippen molar-refractivity contribution in [1.29, 1.82) is 5.26 Å². The van der Waals surface area contributed by atoms with E-state index in [0.29, 0.717) is 51.9 Å². The lowest BCUT2D eigenvalue weighted by Gasteiger charge is -2.30. The van der Waals surface area contributed by atoms with Crippen molar-refractivity contribution >= 4 is 39.1 Å². The highest BCUT2D eigenvalue weighted by Crippen LogP contribution is 2.39. The van der Waals surface area contributed by atoms with E-state index in [-0.39, 0.29) is 26.4 Å². The molecule has 0 atom stereocenters. The van der Waals surface area contributed by atoms with Crippen molar-refractivity contribution in [3.8, 4) is 34.4 Å². The number of alkyl halides is 1. The highest BCUT2D eigenvalue weighted by molar-refractivity contribution is 9.09. The van der Waals surface area contributed by atoms with E-state index in [2.05, 4.69) is 31.9 Å². The second kappa shape index (κ2) is 18.0. The van der Waals surface area contributed by atoms with Crippen LogP contribution in [0.5, 0.6) is 17.2 Å². The molecule has 1 aromatic heterocycles. The van der Waals surface area contributed by atoms with Gasteiger partial charge in [0.25, 0.3) is 0 Å². The molecule has 5 rings (SSSR count). The zero-order chi connectivity index (χ0) is 34.8. The number of pyridine rings is 1. The Bertz CT molecular complexity index is 1760. The molecule has 3 aromatic carbocycles. The molecular weight excluding hydrogens is 729 g/mol. The van der Waals surface area contributed by atoms with Gasteiger partial charge < -0.3 is 24.4 Å². The van der Waals surface area contributed by atoms with Gasteiger partial charge in [-0.3, -0.25) is 9.88 Å². The average molecular weight is 770 g/mol. The maximum absolute atomic E-state index is 10.0. The van der Waals surface area contributed by atoms with Crippen LogP contribution >= 0.6 is 39.1 Å². The molecule has 258 valence electrons. The number of aliphatic hydroxyl groups excluding tert-OH is 2. The molecule has 1 aliphatic carbocycles. The van der Waals surface area contributed by atoms with Gasteiger partial charge in [-0.2, -0.15) is 5.26 Å². The summed E-state index contributed by atoms with van der Waals surface area (Å²) in [6.07, 6.45) is 6.29. The van der Waals surface area contributed by atoms with Crippen LogP contribution in [0.1, 0.15) is 47.1 Å². The minimum Gasteiger partial charge on any atom is -0.492 e. The second-order valence-electron chi connectivity index (χ2n) is 12.2. The number of hydrogen-bond acceptors (Lipinski definition) is 8. The summed E-state index contributed by atoms with van der Waals surface area (Å²) in [6, 6.07) is 18.9. The first-order valence-electron chi connectivity index (χ1n) is 16.3. The van der Waals surface area contributed by atoms with E-state index in [1.165, 1.54) is 6.20 Å². The number of nitrogens with zero attached hydrogens (tertiary/aromatic N) is 3. The van der Waals surface area contributed by atoms with Crippen LogP contribution in [-0.2, 0) is 19.8 Å². The smallest absolute Gasteiger partial charge is 0.142 e. The van der Waals surface area contributed by atoms with Gasteiger partial charge >= 0.3 is 0 Å². The Morgan fingerprint density at radius 2 is 1.69 bits per heavy atom. The summed E-state index contributed by atoms with van der Waals surface area (Å²) in [5.41, 5.74) is 5.82. The number of rotatable bonds is 18. The number of halogens is 3. The largest absolute Gasteiger partial charge is 0.492 e. The Kier molecular flexibility index (Phi) is 13.6. The Morgan fingerprint density at radius 3 is 2.43 bits per heavy atom. The van der Waals surface area contributed by atoms with Crippen LogP contribution in [0.2, 0.25) is 10.0 Å². The highest BCUT2D eigenvalue weighted by Gasteiger charge is 2.29. The van der Waals surface area contributed by atoms with Crippen molar-refractivity contribution in [3.63, 3.8) is 0 Å². The van der Waals surface area contributed by atoms with Gasteiger partial charge in [0, 0.05) is 53.6 Å². The minimum absolute atomic E-state index is 0.168. The lowest BCUT2D eigenvalue weighted by Crippen LogP contribution is -2.41. The Hall–Kier alpha value is -3.36. The topological polar surface area (TPSA) is 108 Å². The first-order valence-corrected chi connectivity index (χ1v) is 18.2. The van der Waals surface area contributed by atoms with Gasteiger partial charge in [-0.1, -0.05) is 69.5 Å². The van der Waals surface area contributed by atoms with E-state index in [0.717, 1.165) is 64.5 Å². The summed E-state index contributed by atoms with van der Waals surface area (Å²) in [7, 11) is 0. The quantitative estimate of drug-likeness (QED) is 0.0773. The van der Waals surface area contributed by atoms with Crippen LogP contribution in [0.3, 0.4) is 0 Å². The van der Waals surface area contributed by atoms with E-state index in [1.54, 1.807) is 18.3 Å². The standard InChI is InChI=1S/C38H40BrCl2N3O5/c1-25-29(5-2-6-32(25)33-7-3-8-35(38(33)41)47-12-4-11-39)24-49-37-15-36(48-23-28-13-27(16-42)17-43-18-28)30(14-34(37)40)20-44(19-26-9-10-26)31(21-45)22-46/h2-3,5-8,13-15,17-18,26,31,45-46H,4,9-12,19-24H2,1H3. The van der Waals surface area contributed by atoms with Gasteiger partial charge in [-0.15, -0.1) is 0 Å². The minimum atomic E-state index is -0.412. The van der Waals surface area contributed by atoms with E-state index in [9.17, 15) is 15.5 Å². The molecule has 0 saturated heterocycles. The molecule has 1 heterocycles. The summed E-state index contributed by atoms with van der Waals surface area (Å²) in [6.45, 7) is 3.85. The second-order valence-corrected chi connectivity index (χ2v) is 13.7. The predicted molar refractivity (Wildman–Crippen MR) is 196 cm³/mol. The van der Waals surface area contributed by atoms with Crippen molar-refractivity contribution in [3.05, 3.63) is 105 Å². The fraction of sp³-hybridized carbons (Fsp3) is 0.368. The molecule has 1 fully saturated rings. The number of nitriles is 1. The third-order valence-electron chi connectivity index (χ3n) is 8.55. The maximum Gasteiger partial charge on any atom is 0.142 e. The lowest BCUT2D eigenvalue weighted by atomic mass is 9.96. The van der Waals surface area contributed by atoms with Crippen LogP contribution < -0.4 is 14.2 Å². The van der Waals surface area contributed by atoms with Crippen LogP contribution in [0, 0.1) is 24.2 Å². The molecule has 0 unspecified atom stereocenters. The van der Waals surface area contributed by atoms with Gasteiger partial charge in [0.05, 0.1) is 41.5 Å². The fourth-order valence-electron chi connectivity index (χ4n) is 5.57. The molecule has 0 spiro atoms. The number of benzene rings is 3. The number of ether oxygens (including phenoxy) is 3. The number of aromatic nitrogens is 1. The summed E-state index contributed by atoms with van der Waals surface area (Å²) in [5, 5.41) is 31.2. The monoisotopic (exact) mass is 767 g/mol. The molecule has 11 heteroatoms. The SMILES string of the molecule is Cc1c(COc2cc(OCc3cncc(C#N)c3)c(CN(CC3CC3)C(CO)CO)cc2Cl)cccc1-c1cccc(OCCCBr)c1Cl. The first-order chi connectivity index (χ1) is 23.8. The van der Waals surface area contributed by atoms with Crippen LogP contribution in [0.25, 0.3) is 11.1 Å². The van der Waals surface area contributed by atoms with Gasteiger partial charge in [-0.05, 0) is 67.0 Å². The lowest BCUT2D eigenvalue weighted by molar-refractivity contribution is 0.0646. The molecule has 0 bridgehead atoms. The number of aliphatic hydroxyl groups is 2. The van der Waals surface area contributed by atoms with Gasteiger partial charge in [0.15, 0.2) is 0 Å². The Balaban J connectivity index is 1.40. The Morgan fingerprint density at radius 1 is 0.939 bits per heavy atom. The first kappa shape index (κ1) is 36.9. The summed E-state index contributed by atoms with van der Waals surface area (Å²) >= 11 is 17.1. The maximum atomic E-state index is 10.0. The van der Waals surface area contributed by atoms with E-state index in [4.69, 9.17) is 37.4 Å². The predicted octanol–water partition coefficient (Wildman–Crippen LogP) is 8.12. The summed E-state index contributed by atoms with van der Waals surface area (Å²) in [5.74, 6) is 2.18. The van der Waals surface area contributed by atoms with Gasteiger partial charge in [0.2, 0.25) is 0 Å². The van der Waals surface area contributed by atoms with Crippen molar-refractivity contribution in [2.45, 2.75) is 52.0 Å². The van der Waals surface area contributed by atoms with Crippen molar-refractivity contribution in [2.24, 2.45) is 5.92 Å². The molecule has 49 heavy (non-hydrogen) atoms. The normalized spacial score (nSPS) is 12.7. The van der Waals surface area contributed by atoms with E-state index in [1.807, 2.05) is 49.4 Å². The van der Waals surface area contributed by atoms with Crippen molar-refractivity contribution < 1.29 is 24.4 Å². The Labute approximate surface area is 306 Å². The van der Waals surface area contributed by atoms with Gasteiger partial charge in [0.1, 0.15) is 36.5 Å². The molecule has 0 amide bonds. The van der Waals surface area contributed by atoms with Crippen LogP contribution in [0.4, 0.5) is 0 Å². The summed E-state index contributed by atoms with van der Waals surface area (Å²) < 4.78 is 18.6. The zero-order valence-electron chi connectivity index (χ0n) is 27.4. The number of hydrogen-bond donors (Lipinski definition) is 2. The van der Waals surface area contributed by atoms with E-state index < -0.39 is 6.04 Å². The van der Waals surface area contributed by atoms with Crippen LogP contribution in [0.15, 0.2) is 67.0 Å². The molecule has 4 aromatic rings. The molecule has 2 N–H and O–H groups in total. The molecule has 8 nitrogen and oxygen atoms in total. The molecule has 0 radical (unpaired) electrons. The molecule has 1 aliphatic rings.